The van der Waals surface area contributed by atoms with Crippen LogP contribution in [0.4, 0.5) is 18.9 Å². The predicted octanol–water partition coefficient (Wildman–Crippen LogP) is 4.55. The van der Waals surface area contributed by atoms with Gasteiger partial charge in [-0.2, -0.15) is 13.2 Å². The lowest BCUT2D eigenvalue weighted by atomic mass is 9.99. The Labute approximate surface area is 181 Å². The van der Waals surface area contributed by atoms with Crippen molar-refractivity contribution < 1.29 is 32.9 Å². The fourth-order valence-corrected chi connectivity index (χ4v) is 3.75. The SMILES string of the molecule is O=C(C=C1CCCOc2cc(C(F)(F)F)ccc21)Nc1ccc2cn(CCO)c(O)c2c1. The Hall–Kier alpha value is -3.46. The first-order valence-electron chi connectivity index (χ1n) is 10.0. The average molecular weight is 446 g/mol. The maximum absolute atomic E-state index is 13.0. The molecule has 0 spiro atoms. The number of nitrogens with zero attached hydrogens (tertiary/aromatic N) is 1. The zero-order chi connectivity index (χ0) is 22.9. The topological polar surface area (TPSA) is 83.7 Å². The molecule has 0 bridgehead atoms. The van der Waals surface area contributed by atoms with Crippen molar-refractivity contribution in [2.45, 2.75) is 25.6 Å². The summed E-state index contributed by atoms with van der Waals surface area (Å²) in [6, 6.07) is 8.30. The van der Waals surface area contributed by atoms with E-state index in [2.05, 4.69) is 5.32 Å². The number of hydrogen-bond acceptors (Lipinski definition) is 4. The molecule has 1 aliphatic rings. The smallest absolute Gasteiger partial charge is 0.416 e. The highest BCUT2D eigenvalue weighted by molar-refractivity contribution is 6.05. The molecule has 1 aliphatic heterocycles. The molecule has 9 heteroatoms. The summed E-state index contributed by atoms with van der Waals surface area (Å²) in [6.07, 6.45) is -0.372. The lowest BCUT2D eigenvalue weighted by Crippen LogP contribution is -2.09. The van der Waals surface area contributed by atoms with Crippen LogP contribution in [0, 0.1) is 0 Å². The number of halogens is 3. The van der Waals surface area contributed by atoms with Crippen LogP contribution in [0.2, 0.25) is 0 Å². The largest absolute Gasteiger partial charge is 0.494 e. The minimum absolute atomic E-state index is 0.0150. The van der Waals surface area contributed by atoms with Crippen LogP contribution in [-0.4, -0.2) is 33.9 Å². The summed E-state index contributed by atoms with van der Waals surface area (Å²) < 4.78 is 46.1. The molecule has 2 heterocycles. The van der Waals surface area contributed by atoms with Crippen LogP contribution in [0.15, 0.2) is 48.7 Å². The number of rotatable bonds is 4. The van der Waals surface area contributed by atoms with E-state index in [0.717, 1.165) is 17.5 Å². The molecule has 168 valence electrons. The third-order valence-corrected chi connectivity index (χ3v) is 5.28. The van der Waals surface area contributed by atoms with Crippen LogP contribution < -0.4 is 10.1 Å². The number of aromatic hydroxyl groups is 1. The number of benzene rings is 2. The lowest BCUT2D eigenvalue weighted by Gasteiger charge is -2.13. The third-order valence-electron chi connectivity index (χ3n) is 5.28. The van der Waals surface area contributed by atoms with Crippen LogP contribution in [0.3, 0.4) is 0 Å². The number of fused-ring (bicyclic) bond motifs is 2. The molecule has 3 N–H and O–H groups in total. The van der Waals surface area contributed by atoms with Gasteiger partial charge >= 0.3 is 6.18 Å². The van der Waals surface area contributed by atoms with E-state index in [1.165, 1.54) is 16.7 Å². The number of aromatic nitrogens is 1. The summed E-state index contributed by atoms with van der Waals surface area (Å²) in [4.78, 5) is 12.6. The summed E-state index contributed by atoms with van der Waals surface area (Å²) in [7, 11) is 0. The molecule has 0 saturated carbocycles. The highest BCUT2D eigenvalue weighted by Crippen LogP contribution is 2.38. The molecular formula is C23H21F3N2O4. The Balaban J connectivity index is 1.59. The second kappa shape index (κ2) is 8.58. The maximum Gasteiger partial charge on any atom is 0.416 e. The minimum atomic E-state index is -4.48. The van der Waals surface area contributed by atoms with Gasteiger partial charge in [-0.1, -0.05) is 12.1 Å². The number of carbonyl (C=O) groups is 1. The lowest BCUT2D eigenvalue weighted by molar-refractivity contribution is -0.137. The number of amides is 1. The Morgan fingerprint density at radius 2 is 2.03 bits per heavy atom. The fraction of sp³-hybridized carbons (Fsp3) is 0.261. The molecule has 0 fully saturated rings. The monoisotopic (exact) mass is 446 g/mol. The predicted molar refractivity (Wildman–Crippen MR) is 113 cm³/mol. The summed E-state index contributed by atoms with van der Waals surface area (Å²) in [6.45, 7) is 0.376. The van der Waals surface area contributed by atoms with E-state index in [4.69, 9.17) is 9.84 Å². The van der Waals surface area contributed by atoms with Gasteiger partial charge in [-0.05, 0) is 42.7 Å². The number of anilines is 1. The number of aliphatic hydroxyl groups excluding tert-OH is 1. The van der Waals surface area contributed by atoms with E-state index >= 15 is 0 Å². The highest BCUT2D eigenvalue weighted by Gasteiger charge is 2.32. The van der Waals surface area contributed by atoms with Crippen LogP contribution in [0.25, 0.3) is 16.3 Å². The van der Waals surface area contributed by atoms with Gasteiger partial charge in [0, 0.05) is 40.8 Å². The van der Waals surface area contributed by atoms with Crippen LogP contribution >= 0.6 is 0 Å². The van der Waals surface area contributed by atoms with E-state index in [-0.39, 0.29) is 31.4 Å². The number of ether oxygens (including phenoxy) is 1. The number of hydrogen-bond donors (Lipinski definition) is 3. The fourth-order valence-electron chi connectivity index (χ4n) is 3.75. The van der Waals surface area contributed by atoms with E-state index in [1.807, 2.05) is 0 Å². The number of alkyl halides is 3. The number of allylic oxidation sites excluding steroid dienone is 1. The van der Waals surface area contributed by atoms with Gasteiger partial charge < -0.3 is 24.8 Å². The molecule has 32 heavy (non-hydrogen) atoms. The van der Waals surface area contributed by atoms with Crippen molar-refractivity contribution in [2.75, 3.05) is 18.5 Å². The van der Waals surface area contributed by atoms with Crippen molar-refractivity contribution in [1.82, 2.24) is 4.57 Å². The molecule has 6 nitrogen and oxygen atoms in total. The normalized spacial score (nSPS) is 15.3. The molecule has 3 aromatic rings. The third kappa shape index (κ3) is 4.43. The van der Waals surface area contributed by atoms with E-state index < -0.39 is 17.6 Å². The van der Waals surface area contributed by atoms with E-state index in [9.17, 15) is 23.1 Å². The van der Waals surface area contributed by atoms with Gasteiger partial charge in [0.15, 0.2) is 5.88 Å². The van der Waals surface area contributed by atoms with Crippen molar-refractivity contribution in [2.24, 2.45) is 0 Å². The van der Waals surface area contributed by atoms with Gasteiger partial charge in [-0.25, -0.2) is 0 Å². The molecule has 2 aromatic carbocycles. The first-order chi connectivity index (χ1) is 15.3. The zero-order valence-corrected chi connectivity index (χ0v) is 16.9. The Bertz CT molecular complexity index is 1200. The summed E-state index contributed by atoms with van der Waals surface area (Å²) in [5.41, 5.74) is 0.693. The maximum atomic E-state index is 13.0. The highest BCUT2D eigenvalue weighted by atomic mass is 19.4. The van der Waals surface area contributed by atoms with Gasteiger partial charge in [0.25, 0.3) is 0 Å². The molecule has 4 rings (SSSR count). The van der Waals surface area contributed by atoms with E-state index in [0.29, 0.717) is 35.1 Å². The number of carbonyl (C=O) groups excluding carboxylic acids is 1. The first-order valence-corrected chi connectivity index (χ1v) is 10.0. The first kappa shape index (κ1) is 21.8. The molecule has 0 unspecified atom stereocenters. The molecule has 0 aliphatic carbocycles. The van der Waals surface area contributed by atoms with Crippen molar-refractivity contribution in [3.05, 3.63) is 59.8 Å². The summed E-state index contributed by atoms with van der Waals surface area (Å²) in [5.74, 6) is -0.354. The average Bonchev–Trinajstić information content (AvgIpc) is 2.92. The van der Waals surface area contributed by atoms with Gasteiger partial charge in [0.1, 0.15) is 5.75 Å². The van der Waals surface area contributed by atoms with E-state index in [1.54, 1.807) is 24.4 Å². The van der Waals surface area contributed by atoms with Crippen molar-refractivity contribution in [1.29, 1.82) is 0 Å². The van der Waals surface area contributed by atoms with Gasteiger partial charge in [0.2, 0.25) is 5.91 Å². The summed E-state index contributed by atoms with van der Waals surface area (Å²) >= 11 is 0. The Morgan fingerprint density at radius 3 is 2.78 bits per heavy atom. The summed E-state index contributed by atoms with van der Waals surface area (Å²) in [5, 5.41) is 23.4. The quantitative estimate of drug-likeness (QED) is 0.514. The van der Waals surface area contributed by atoms with Crippen LogP contribution in [-0.2, 0) is 17.5 Å². The second-order valence-corrected chi connectivity index (χ2v) is 7.49. The van der Waals surface area contributed by atoms with Crippen LogP contribution in [0.1, 0.15) is 24.0 Å². The molecule has 1 aromatic heterocycles. The van der Waals surface area contributed by atoms with Gasteiger partial charge in [-0.3, -0.25) is 4.79 Å². The Morgan fingerprint density at radius 1 is 1.22 bits per heavy atom. The Kier molecular flexibility index (Phi) is 5.84. The standard InChI is InChI=1S/C23H21F3N2O4/c24-23(25,26)16-4-6-18-14(2-1-9-32-20(18)11-16)10-21(30)27-17-5-3-15-13-28(7-8-29)22(31)19(15)12-17/h3-6,10-13,29,31H,1-2,7-9H2,(H,27,30). The molecule has 0 radical (unpaired) electrons. The van der Waals surface area contributed by atoms with Crippen molar-refractivity contribution in [3.8, 4) is 11.6 Å². The minimum Gasteiger partial charge on any atom is -0.494 e. The molecular weight excluding hydrogens is 425 g/mol. The number of nitrogens with one attached hydrogen (secondary N) is 1. The van der Waals surface area contributed by atoms with Crippen molar-refractivity contribution in [3.63, 3.8) is 0 Å². The van der Waals surface area contributed by atoms with Gasteiger partial charge in [-0.15, -0.1) is 0 Å². The molecule has 0 saturated heterocycles. The zero-order valence-electron chi connectivity index (χ0n) is 16.9. The van der Waals surface area contributed by atoms with Crippen LogP contribution in [0.5, 0.6) is 11.6 Å². The molecule has 0 atom stereocenters. The second-order valence-electron chi connectivity index (χ2n) is 7.49. The molecule has 1 amide bonds. The number of aliphatic hydroxyl groups is 1. The van der Waals surface area contributed by atoms with Crippen molar-refractivity contribution >= 4 is 27.9 Å². The van der Waals surface area contributed by atoms with Gasteiger partial charge in [0.05, 0.1) is 18.8 Å².